The lowest BCUT2D eigenvalue weighted by Gasteiger charge is -2.34. The smallest absolute Gasteiger partial charge is 0.392 e. The molecule has 2 amide bonds. The number of anilines is 1. The Morgan fingerprint density at radius 1 is 1.09 bits per heavy atom. The third kappa shape index (κ3) is 3.62. The van der Waals surface area contributed by atoms with Crippen LogP contribution in [0.3, 0.4) is 0 Å². The van der Waals surface area contributed by atoms with Crippen LogP contribution in [0.25, 0.3) is 0 Å². The number of carbonyl (C=O) groups is 1. The van der Waals surface area contributed by atoms with Crippen LogP contribution in [0.2, 0.25) is 0 Å². The van der Waals surface area contributed by atoms with E-state index < -0.39 is 30.5 Å². The first-order valence-electron chi connectivity index (χ1n) is 5.84. The molecule has 0 atom stereocenters. The zero-order valence-corrected chi connectivity index (χ0v) is 11.1. The van der Waals surface area contributed by atoms with Gasteiger partial charge in [0.2, 0.25) is 5.54 Å². The van der Waals surface area contributed by atoms with Gasteiger partial charge in [-0.1, -0.05) is 18.2 Å². The molecule has 10 heteroatoms. The van der Waals surface area contributed by atoms with E-state index in [1.54, 1.807) is 0 Å². The second kappa shape index (κ2) is 6.03. The van der Waals surface area contributed by atoms with E-state index in [1.165, 1.54) is 24.3 Å². The van der Waals surface area contributed by atoms with Gasteiger partial charge in [-0.15, -0.1) is 0 Å². The number of nitrogens with one attached hydrogen (secondary N) is 2. The van der Waals surface area contributed by atoms with Crippen LogP contribution in [-0.2, 0) is 6.61 Å². The molecule has 0 unspecified atom stereocenters. The van der Waals surface area contributed by atoms with Crippen molar-refractivity contribution in [3.05, 3.63) is 29.8 Å². The minimum atomic E-state index is -5.74. The fourth-order valence-electron chi connectivity index (χ4n) is 1.46. The highest BCUT2D eigenvalue weighted by atomic mass is 19.4. The van der Waals surface area contributed by atoms with Crippen molar-refractivity contribution < 1.29 is 36.2 Å². The van der Waals surface area contributed by atoms with E-state index in [9.17, 15) is 31.1 Å². The van der Waals surface area contributed by atoms with E-state index in [-0.39, 0.29) is 18.2 Å². The number of aliphatic hydroxyl groups is 1. The van der Waals surface area contributed by atoms with Gasteiger partial charge in [0.1, 0.15) is 0 Å². The van der Waals surface area contributed by atoms with Crippen molar-refractivity contribution in [2.75, 3.05) is 5.32 Å². The quantitative estimate of drug-likeness (QED) is 0.746. The second-order valence-electron chi connectivity index (χ2n) is 4.51. The molecule has 22 heavy (non-hydrogen) atoms. The summed E-state index contributed by atoms with van der Waals surface area (Å²) in [5.74, 6) is 0. The van der Waals surface area contributed by atoms with Crippen LogP contribution in [-0.4, -0.2) is 29.0 Å². The molecule has 0 radical (unpaired) electrons. The predicted octanol–water partition coefficient (Wildman–Crippen LogP) is 3.18. The lowest BCUT2D eigenvalue weighted by atomic mass is 10.0. The zero-order valence-electron chi connectivity index (χ0n) is 11.1. The van der Waals surface area contributed by atoms with E-state index in [2.05, 4.69) is 0 Å². The third-order valence-corrected chi connectivity index (χ3v) is 2.93. The van der Waals surface area contributed by atoms with E-state index in [4.69, 9.17) is 5.11 Å². The zero-order chi connectivity index (χ0) is 17.2. The number of carbonyl (C=O) groups excluding carboxylic acids is 1. The summed E-state index contributed by atoms with van der Waals surface area (Å²) in [7, 11) is 0. The number of hydrogen-bond acceptors (Lipinski definition) is 2. The molecule has 0 aliphatic heterocycles. The average molecular weight is 330 g/mol. The first-order valence-corrected chi connectivity index (χ1v) is 5.84. The molecule has 124 valence electrons. The van der Waals surface area contributed by atoms with Gasteiger partial charge in [-0.05, 0) is 13.0 Å². The first-order chi connectivity index (χ1) is 9.92. The van der Waals surface area contributed by atoms with Gasteiger partial charge in [-0.2, -0.15) is 26.3 Å². The highest BCUT2D eigenvalue weighted by Crippen LogP contribution is 2.42. The summed E-state index contributed by atoms with van der Waals surface area (Å²) in [5, 5.41) is 11.7. The second-order valence-corrected chi connectivity index (χ2v) is 4.51. The van der Waals surface area contributed by atoms with Crippen molar-refractivity contribution in [1.29, 1.82) is 0 Å². The van der Waals surface area contributed by atoms with Gasteiger partial charge in [0.15, 0.2) is 0 Å². The van der Waals surface area contributed by atoms with Crippen LogP contribution in [0, 0.1) is 0 Å². The van der Waals surface area contributed by atoms with Crippen molar-refractivity contribution in [1.82, 2.24) is 5.32 Å². The summed E-state index contributed by atoms with van der Waals surface area (Å²) in [4.78, 5) is 11.5. The third-order valence-electron chi connectivity index (χ3n) is 2.93. The molecule has 1 rings (SSSR count). The Hall–Kier alpha value is -1.97. The van der Waals surface area contributed by atoms with Crippen molar-refractivity contribution in [3.8, 4) is 0 Å². The van der Waals surface area contributed by atoms with Gasteiger partial charge in [0.05, 0.1) is 6.61 Å². The molecule has 4 nitrogen and oxygen atoms in total. The topological polar surface area (TPSA) is 61.4 Å². The molecular formula is C12H12F6N2O2. The Morgan fingerprint density at radius 2 is 1.59 bits per heavy atom. The Labute approximate surface area is 121 Å². The van der Waals surface area contributed by atoms with Gasteiger partial charge < -0.3 is 15.7 Å². The molecule has 1 aromatic rings. The van der Waals surface area contributed by atoms with Gasteiger partial charge >= 0.3 is 18.4 Å². The fraction of sp³-hybridized carbons (Fsp3) is 0.417. The number of benzene rings is 1. The number of halogens is 6. The molecule has 0 saturated heterocycles. The maximum Gasteiger partial charge on any atom is 0.420 e. The number of aliphatic hydroxyl groups excluding tert-OH is 1. The standard InChI is InChI=1S/C12H12F6N2O2/c1-10(11(13,14)15,12(16,17)18)20-9(22)19-8-5-3-2-4-7(8)6-21/h2-5,21H,6H2,1H3,(H2,19,20,22). The summed E-state index contributed by atoms with van der Waals surface area (Å²) < 4.78 is 75.9. The molecule has 1 aromatic carbocycles. The van der Waals surface area contributed by atoms with Crippen LogP contribution in [0.5, 0.6) is 0 Å². The van der Waals surface area contributed by atoms with Gasteiger partial charge in [-0.25, -0.2) is 4.79 Å². The van der Waals surface area contributed by atoms with Crippen LogP contribution >= 0.6 is 0 Å². The largest absolute Gasteiger partial charge is 0.420 e. The molecule has 0 aromatic heterocycles. The van der Waals surface area contributed by atoms with Crippen LogP contribution in [0.1, 0.15) is 12.5 Å². The van der Waals surface area contributed by atoms with E-state index in [0.717, 1.165) is 5.32 Å². The lowest BCUT2D eigenvalue weighted by molar-refractivity contribution is -0.297. The SMILES string of the molecule is CC(NC(=O)Nc1ccccc1CO)(C(F)(F)F)C(F)(F)F. The van der Waals surface area contributed by atoms with Crippen molar-refractivity contribution in [3.63, 3.8) is 0 Å². The maximum absolute atomic E-state index is 12.6. The molecular weight excluding hydrogens is 318 g/mol. The summed E-state index contributed by atoms with van der Waals surface area (Å²) in [6, 6.07) is 3.75. The Kier molecular flexibility index (Phi) is 4.96. The molecule has 0 bridgehead atoms. The number of alkyl halides is 6. The Morgan fingerprint density at radius 3 is 2.05 bits per heavy atom. The highest BCUT2D eigenvalue weighted by molar-refractivity contribution is 5.90. The van der Waals surface area contributed by atoms with E-state index in [0.29, 0.717) is 0 Å². The monoisotopic (exact) mass is 330 g/mol. The normalized spacial score (nSPS) is 12.9. The summed E-state index contributed by atoms with van der Waals surface area (Å²) in [6.07, 6.45) is -11.5. The van der Waals surface area contributed by atoms with Crippen molar-refractivity contribution >= 4 is 11.7 Å². The van der Waals surface area contributed by atoms with Crippen molar-refractivity contribution in [2.45, 2.75) is 31.4 Å². The number of rotatable bonds is 3. The molecule has 0 spiro atoms. The number of hydrogen-bond donors (Lipinski definition) is 3. The van der Waals surface area contributed by atoms with Gasteiger partial charge in [0, 0.05) is 11.3 Å². The number of amides is 2. The molecule has 0 aliphatic carbocycles. The minimum absolute atomic E-state index is 0.103. The lowest BCUT2D eigenvalue weighted by Crippen LogP contribution is -2.66. The molecule has 0 saturated carbocycles. The summed E-state index contributed by atoms with van der Waals surface area (Å²) >= 11 is 0. The Bertz CT molecular complexity index is 527. The van der Waals surface area contributed by atoms with E-state index >= 15 is 0 Å². The van der Waals surface area contributed by atoms with Gasteiger partial charge in [-0.3, -0.25) is 0 Å². The first kappa shape index (κ1) is 18.1. The van der Waals surface area contributed by atoms with E-state index in [1.807, 2.05) is 5.32 Å². The molecule has 0 heterocycles. The van der Waals surface area contributed by atoms with Crippen molar-refractivity contribution in [2.24, 2.45) is 0 Å². The van der Waals surface area contributed by atoms with Crippen LogP contribution < -0.4 is 10.6 Å². The highest BCUT2D eigenvalue weighted by Gasteiger charge is 2.68. The maximum atomic E-state index is 12.6. The number of para-hydroxylation sites is 1. The predicted molar refractivity (Wildman–Crippen MR) is 65.0 cm³/mol. The molecule has 0 fully saturated rings. The summed E-state index contributed by atoms with van der Waals surface area (Å²) in [6.45, 7) is -0.725. The molecule has 0 aliphatic rings. The molecule has 3 N–H and O–H groups in total. The van der Waals surface area contributed by atoms with Crippen LogP contribution in [0.4, 0.5) is 36.8 Å². The number of urea groups is 1. The Balaban J connectivity index is 2.99. The summed E-state index contributed by atoms with van der Waals surface area (Å²) in [5.41, 5.74) is -4.37. The average Bonchev–Trinajstić information content (AvgIpc) is 2.36. The van der Waals surface area contributed by atoms with Gasteiger partial charge in [0.25, 0.3) is 0 Å². The minimum Gasteiger partial charge on any atom is -0.392 e. The van der Waals surface area contributed by atoms with Crippen LogP contribution in [0.15, 0.2) is 24.3 Å². The fourth-order valence-corrected chi connectivity index (χ4v) is 1.46.